The van der Waals surface area contributed by atoms with E-state index >= 15 is 0 Å². The SMILES string of the molecule is Cn1c(C(=O)NC2CCCC[C@H]2C(=O)O)cc2ccccc21. The van der Waals surface area contributed by atoms with Gasteiger partial charge in [0, 0.05) is 24.0 Å². The van der Waals surface area contributed by atoms with E-state index in [0.717, 1.165) is 30.2 Å². The van der Waals surface area contributed by atoms with Crippen LogP contribution < -0.4 is 5.32 Å². The van der Waals surface area contributed by atoms with E-state index in [-0.39, 0.29) is 11.9 Å². The second-order valence-corrected chi connectivity index (χ2v) is 5.96. The Kier molecular flexibility index (Phi) is 3.88. The van der Waals surface area contributed by atoms with Crippen LogP contribution in [0.1, 0.15) is 36.2 Å². The molecule has 3 rings (SSSR count). The van der Waals surface area contributed by atoms with Crippen molar-refractivity contribution in [3.63, 3.8) is 0 Å². The summed E-state index contributed by atoms with van der Waals surface area (Å²) in [5.74, 6) is -1.49. The van der Waals surface area contributed by atoms with E-state index in [2.05, 4.69) is 5.32 Å². The highest BCUT2D eigenvalue weighted by Gasteiger charge is 2.32. The summed E-state index contributed by atoms with van der Waals surface area (Å²) < 4.78 is 1.85. The molecule has 2 aromatic rings. The van der Waals surface area contributed by atoms with Crippen LogP contribution in [0.3, 0.4) is 0 Å². The average molecular weight is 300 g/mol. The molecule has 2 atom stereocenters. The number of amides is 1. The number of para-hydroxylation sites is 1. The summed E-state index contributed by atoms with van der Waals surface area (Å²) in [5, 5.41) is 13.2. The van der Waals surface area contributed by atoms with Crippen molar-refractivity contribution in [3.8, 4) is 0 Å². The minimum atomic E-state index is -0.818. The summed E-state index contributed by atoms with van der Waals surface area (Å²) in [6, 6.07) is 9.37. The second-order valence-electron chi connectivity index (χ2n) is 5.96. The number of nitrogens with zero attached hydrogens (tertiary/aromatic N) is 1. The van der Waals surface area contributed by atoms with Crippen LogP contribution in [0.5, 0.6) is 0 Å². The first-order chi connectivity index (χ1) is 10.6. The Bertz CT molecular complexity index is 720. The van der Waals surface area contributed by atoms with E-state index in [0.29, 0.717) is 12.1 Å². The quantitative estimate of drug-likeness (QED) is 0.915. The van der Waals surface area contributed by atoms with Crippen molar-refractivity contribution in [3.05, 3.63) is 36.0 Å². The number of aromatic nitrogens is 1. The molecule has 0 bridgehead atoms. The predicted molar refractivity (Wildman–Crippen MR) is 83.8 cm³/mol. The number of fused-ring (bicyclic) bond motifs is 1. The van der Waals surface area contributed by atoms with Gasteiger partial charge in [-0.05, 0) is 25.0 Å². The third-order valence-corrected chi connectivity index (χ3v) is 4.58. The van der Waals surface area contributed by atoms with E-state index in [1.165, 1.54) is 0 Å². The van der Waals surface area contributed by atoms with Crippen molar-refractivity contribution in [2.24, 2.45) is 13.0 Å². The van der Waals surface area contributed by atoms with Gasteiger partial charge in [-0.1, -0.05) is 31.0 Å². The Morgan fingerprint density at radius 3 is 2.68 bits per heavy atom. The van der Waals surface area contributed by atoms with Crippen LogP contribution in [0.4, 0.5) is 0 Å². The van der Waals surface area contributed by atoms with Gasteiger partial charge in [-0.3, -0.25) is 9.59 Å². The van der Waals surface area contributed by atoms with E-state index in [4.69, 9.17) is 0 Å². The normalized spacial score (nSPS) is 21.7. The molecule has 22 heavy (non-hydrogen) atoms. The Labute approximate surface area is 128 Å². The fraction of sp³-hybridized carbons (Fsp3) is 0.412. The predicted octanol–water partition coefficient (Wildman–Crippen LogP) is 2.55. The highest BCUT2D eigenvalue weighted by molar-refractivity contribution is 5.99. The molecule has 116 valence electrons. The number of rotatable bonds is 3. The highest BCUT2D eigenvalue weighted by Crippen LogP contribution is 2.25. The summed E-state index contributed by atoms with van der Waals surface area (Å²) in [6.45, 7) is 0. The summed E-state index contributed by atoms with van der Waals surface area (Å²) in [4.78, 5) is 23.9. The van der Waals surface area contributed by atoms with Gasteiger partial charge in [0.2, 0.25) is 0 Å². The molecule has 5 heteroatoms. The third kappa shape index (κ3) is 2.58. The number of hydrogen-bond acceptors (Lipinski definition) is 2. The monoisotopic (exact) mass is 300 g/mol. The lowest BCUT2D eigenvalue weighted by atomic mass is 9.84. The lowest BCUT2D eigenvalue weighted by molar-refractivity contribution is -0.143. The first kappa shape index (κ1) is 14.6. The molecule has 1 aromatic carbocycles. The minimum Gasteiger partial charge on any atom is -0.481 e. The number of nitrogens with one attached hydrogen (secondary N) is 1. The fourth-order valence-electron chi connectivity index (χ4n) is 3.35. The van der Waals surface area contributed by atoms with Gasteiger partial charge in [-0.2, -0.15) is 0 Å². The first-order valence-electron chi connectivity index (χ1n) is 7.66. The van der Waals surface area contributed by atoms with Gasteiger partial charge in [0.25, 0.3) is 5.91 Å². The van der Waals surface area contributed by atoms with Crippen molar-refractivity contribution in [1.29, 1.82) is 0 Å². The van der Waals surface area contributed by atoms with Gasteiger partial charge < -0.3 is 15.0 Å². The van der Waals surface area contributed by atoms with Crippen LogP contribution in [0.2, 0.25) is 0 Å². The maximum Gasteiger partial charge on any atom is 0.308 e. The molecule has 0 radical (unpaired) electrons. The summed E-state index contributed by atoms with van der Waals surface area (Å²) in [6.07, 6.45) is 3.24. The molecule has 2 N–H and O–H groups in total. The zero-order valence-electron chi connectivity index (χ0n) is 12.6. The van der Waals surface area contributed by atoms with Gasteiger partial charge in [0.15, 0.2) is 0 Å². The van der Waals surface area contributed by atoms with Crippen LogP contribution in [-0.4, -0.2) is 27.6 Å². The number of aliphatic carboxylic acids is 1. The fourth-order valence-corrected chi connectivity index (χ4v) is 3.35. The molecule has 0 aliphatic heterocycles. The van der Waals surface area contributed by atoms with Crippen LogP contribution in [0, 0.1) is 5.92 Å². The van der Waals surface area contributed by atoms with Crippen molar-refractivity contribution in [2.45, 2.75) is 31.7 Å². The number of benzene rings is 1. The lowest BCUT2D eigenvalue weighted by Crippen LogP contribution is -2.45. The molecule has 1 amide bonds. The number of carboxylic acid groups (broad SMARTS) is 1. The van der Waals surface area contributed by atoms with E-state index in [9.17, 15) is 14.7 Å². The maximum atomic E-state index is 12.5. The largest absolute Gasteiger partial charge is 0.481 e. The van der Waals surface area contributed by atoms with Gasteiger partial charge in [0.05, 0.1) is 5.92 Å². The van der Waals surface area contributed by atoms with Gasteiger partial charge in [0.1, 0.15) is 5.69 Å². The Morgan fingerprint density at radius 1 is 1.23 bits per heavy atom. The zero-order valence-corrected chi connectivity index (χ0v) is 12.6. The maximum absolute atomic E-state index is 12.5. The molecule has 1 aliphatic rings. The van der Waals surface area contributed by atoms with Gasteiger partial charge in [-0.25, -0.2) is 0 Å². The molecule has 1 heterocycles. The van der Waals surface area contributed by atoms with Crippen molar-refractivity contribution in [2.75, 3.05) is 0 Å². The van der Waals surface area contributed by atoms with Crippen molar-refractivity contribution >= 4 is 22.8 Å². The van der Waals surface area contributed by atoms with E-state index in [1.807, 2.05) is 41.9 Å². The Morgan fingerprint density at radius 2 is 1.95 bits per heavy atom. The van der Waals surface area contributed by atoms with Gasteiger partial charge >= 0.3 is 5.97 Å². The Hall–Kier alpha value is -2.30. The van der Waals surface area contributed by atoms with Crippen LogP contribution in [-0.2, 0) is 11.8 Å². The van der Waals surface area contributed by atoms with Crippen LogP contribution in [0.25, 0.3) is 10.9 Å². The summed E-state index contributed by atoms with van der Waals surface area (Å²) in [7, 11) is 1.85. The number of carbonyl (C=O) groups is 2. The molecule has 1 aliphatic carbocycles. The lowest BCUT2D eigenvalue weighted by Gasteiger charge is -2.29. The molecular formula is C17H20N2O3. The number of carbonyl (C=O) groups excluding carboxylic acids is 1. The smallest absolute Gasteiger partial charge is 0.308 e. The summed E-state index contributed by atoms with van der Waals surface area (Å²) >= 11 is 0. The number of hydrogen-bond donors (Lipinski definition) is 2. The number of aryl methyl sites for hydroxylation is 1. The molecule has 1 aromatic heterocycles. The molecule has 5 nitrogen and oxygen atoms in total. The first-order valence-corrected chi connectivity index (χ1v) is 7.66. The van der Waals surface area contributed by atoms with Crippen molar-refractivity contribution < 1.29 is 14.7 Å². The molecule has 1 unspecified atom stereocenters. The Balaban J connectivity index is 1.83. The second kappa shape index (κ2) is 5.83. The third-order valence-electron chi connectivity index (χ3n) is 4.58. The van der Waals surface area contributed by atoms with Crippen LogP contribution in [0.15, 0.2) is 30.3 Å². The van der Waals surface area contributed by atoms with E-state index < -0.39 is 11.9 Å². The average Bonchev–Trinajstić information content (AvgIpc) is 2.85. The highest BCUT2D eigenvalue weighted by atomic mass is 16.4. The molecule has 1 saturated carbocycles. The molecule has 0 spiro atoms. The molecular weight excluding hydrogens is 280 g/mol. The molecule has 1 fully saturated rings. The molecule has 0 saturated heterocycles. The number of carboxylic acids is 1. The topological polar surface area (TPSA) is 71.3 Å². The zero-order chi connectivity index (χ0) is 15.7. The van der Waals surface area contributed by atoms with E-state index in [1.54, 1.807) is 0 Å². The van der Waals surface area contributed by atoms with Crippen LogP contribution >= 0.6 is 0 Å². The minimum absolute atomic E-state index is 0.197. The van der Waals surface area contributed by atoms with Gasteiger partial charge in [-0.15, -0.1) is 0 Å². The summed E-state index contributed by atoms with van der Waals surface area (Å²) in [5.41, 5.74) is 1.56. The van der Waals surface area contributed by atoms with Crippen molar-refractivity contribution in [1.82, 2.24) is 9.88 Å². The standard InChI is InChI=1S/C17H20N2O3/c1-19-14-9-5-2-6-11(14)10-15(19)16(20)18-13-8-4-3-7-12(13)17(21)22/h2,5-6,9-10,12-13H,3-4,7-8H2,1H3,(H,18,20)(H,21,22)/t12-,13?/m1/s1.